The van der Waals surface area contributed by atoms with Crippen molar-refractivity contribution in [3.63, 3.8) is 0 Å². The van der Waals surface area contributed by atoms with Crippen LogP contribution in [0.25, 0.3) is 11.0 Å². The van der Waals surface area contributed by atoms with Crippen molar-refractivity contribution < 1.29 is 19.1 Å². The van der Waals surface area contributed by atoms with Crippen molar-refractivity contribution in [2.24, 2.45) is 0 Å². The molecule has 9 heteroatoms. The molecule has 0 bridgehead atoms. The summed E-state index contributed by atoms with van der Waals surface area (Å²) in [5.41, 5.74) is 1.38. The van der Waals surface area contributed by atoms with Crippen LogP contribution in [0, 0.1) is 0 Å². The Morgan fingerprint density at radius 3 is 2.26 bits per heavy atom. The summed E-state index contributed by atoms with van der Waals surface area (Å²) in [6.45, 7) is 4.09. The lowest BCUT2D eigenvalue weighted by atomic mass is 10.3. The van der Waals surface area contributed by atoms with Crippen LogP contribution >= 0.6 is 0 Å². The molecule has 3 amide bonds. The number of aryl methyl sites for hydroxylation is 2. The van der Waals surface area contributed by atoms with Crippen LogP contribution in [-0.4, -0.2) is 40.2 Å². The Balaban J connectivity index is 2.05. The lowest BCUT2D eigenvalue weighted by Gasteiger charge is -2.12. The third-order valence-electron chi connectivity index (χ3n) is 4.05. The van der Waals surface area contributed by atoms with Crippen LogP contribution in [0.15, 0.2) is 29.1 Å². The zero-order valence-corrected chi connectivity index (χ0v) is 15.7. The van der Waals surface area contributed by atoms with E-state index >= 15 is 0 Å². The van der Waals surface area contributed by atoms with Crippen molar-refractivity contribution in [2.45, 2.75) is 45.9 Å². The number of esters is 1. The van der Waals surface area contributed by atoms with Gasteiger partial charge in [-0.3, -0.25) is 24.0 Å². The van der Waals surface area contributed by atoms with Crippen molar-refractivity contribution in [1.29, 1.82) is 0 Å². The fourth-order valence-corrected chi connectivity index (χ4v) is 2.72. The summed E-state index contributed by atoms with van der Waals surface area (Å²) in [6.07, 6.45) is -0.376. The van der Waals surface area contributed by atoms with E-state index in [1.54, 1.807) is 4.57 Å². The van der Waals surface area contributed by atoms with E-state index in [1.165, 1.54) is 18.5 Å². The van der Waals surface area contributed by atoms with Gasteiger partial charge in [-0.1, -0.05) is 19.1 Å². The Morgan fingerprint density at radius 2 is 1.70 bits per heavy atom. The quantitative estimate of drug-likeness (QED) is 0.700. The highest BCUT2D eigenvalue weighted by Gasteiger charge is 2.20. The normalized spacial score (nSPS) is 11.8. The molecule has 0 saturated heterocycles. The van der Waals surface area contributed by atoms with Gasteiger partial charge >= 0.3 is 17.7 Å². The second-order valence-corrected chi connectivity index (χ2v) is 6.03. The standard InChI is InChI=1S/C18H24N4O5/c1-4-10-21-13-7-5-6-8-14(13)22(18(21)26)11-9-15(23)27-12(2)16(24)20-17(25)19-3/h5-8,12H,4,9-11H2,1-3H3,(H2,19,20,24,25)/t12-/m1/s1. The number of imidazole rings is 1. The number of rotatable bonds is 7. The molecule has 1 heterocycles. The molecule has 0 aliphatic heterocycles. The molecule has 1 atom stereocenters. The van der Waals surface area contributed by atoms with E-state index in [4.69, 9.17) is 4.74 Å². The van der Waals surface area contributed by atoms with Gasteiger partial charge in [0.25, 0.3) is 5.91 Å². The molecular weight excluding hydrogens is 352 g/mol. The monoisotopic (exact) mass is 376 g/mol. The molecule has 9 nitrogen and oxygen atoms in total. The number of benzene rings is 1. The van der Waals surface area contributed by atoms with Crippen LogP contribution in [-0.2, 0) is 27.4 Å². The number of amides is 3. The third-order valence-corrected chi connectivity index (χ3v) is 4.05. The van der Waals surface area contributed by atoms with Crippen molar-refractivity contribution in [2.75, 3.05) is 7.05 Å². The molecule has 0 aliphatic rings. The molecular formula is C18H24N4O5. The average molecular weight is 376 g/mol. The summed E-state index contributed by atoms with van der Waals surface area (Å²) >= 11 is 0. The summed E-state index contributed by atoms with van der Waals surface area (Å²) in [4.78, 5) is 47.5. The van der Waals surface area contributed by atoms with E-state index in [-0.39, 0.29) is 18.7 Å². The van der Waals surface area contributed by atoms with Crippen LogP contribution in [0.3, 0.4) is 0 Å². The maximum atomic E-state index is 12.6. The Bertz CT molecular complexity index is 899. The predicted octanol–water partition coefficient (Wildman–Crippen LogP) is 0.990. The van der Waals surface area contributed by atoms with Gasteiger partial charge in [0.05, 0.1) is 17.5 Å². The predicted molar refractivity (Wildman–Crippen MR) is 99.3 cm³/mol. The zero-order chi connectivity index (χ0) is 20.0. The van der Waals surface area contributed by atoms with Crippen LogP contribution < -0.4 is 16.3 Å². The van der Waals surface area contributed by atoms with Gasteiger partial charge in [0, 0.05) is 20.1 Å². The largest absolute Gasteiger partial charge is 0.452 e. The number of urea groups is 1. The summed E-state index contributed by atoms with van der Waals surface area (Å²) < 4.78 is 8.24. The number of ether oxygens (including phenoxy) is 1. The molecule has 1 aromatic carbocycles. The number of hydrogen-bond donors (Lipinski definition) is 2. The first-order valence-corrected chi connectivity index (χ1v) is 8.79. The Kier molecular flexibility index (Phi) is 6.75. The van der Waals surface area contributed by atoms with Gasteiger partial charge in [0.15, 0.2) is 6.10 Å². The van der Waals surface area contributed by atoms with Gasteiger partial charge in [0.2, 0.25) is 0 Å². The Morgan fingerprint density at radius 1 is 1.11 bits per heavy atom. The van der Waals surface area contributed by atoms with Crippen molar-refractivity contribution in [3.8, 4) is 0 Å². The molecule has 27 heavy (non-hydrogen) atoms. The number of aromatic nitrogens is 2. The summed E-state index contributed by atoms with van der Waals surface area (Å²) in [7, 11) is 1.37. The molecule has 2 aromatic rings. The number of nitrogens with one attached hydrogen (secondary N) is 2. The summed E-state index contributed by atoms with van der Waals surface area (Å²) in [5, 5.41) is 4.27. The van der Waals surface area contributed by atoms with Crippen LogP contribution in [0.2, 0.25) is 0 Å². The number of fused-ring (bicyclic) bond motifs is 1. The molecule has 0 saturated carbocycles. The average Bonchev–Trinajstić information content (AvgIpc) is 2.91. The minimum Gasteiger partial charge on any atom is -0.452 e. The highest BCUT2D eigenvalue weighted by molar-refractivity contribution is 5.97. The van der Waals surface area contributed by atoms with E-state index in [2.05, 4.69) is 5.32 Å². The first-order chi connectivity index (χ1) is 12.9. The highest BCUT2D eigenvalue weighted by atomic mass is 16.5. The fraction of sp³-hybridized carbons (Fsp3) is 0.444. The molecule has 0 fully saturated rings. The van der Waals surface area contributed by atoms with Gasteiger partial charge in [-0.05, 0) is 25.5 Å². The number of imide groups is 1. The first kappa shape index (κ1) is 20.2. The number of carbonyl (C=O) groups excluding carboxylic acids is 3. The van der Waals surface area contributed by atoms with Crippen molar-refractivity contribution in [3.05, 3.63) is 34.7 Å². The van der Waals surface area contributed by atoms with Gasteiger partial charge in [-0.2, -0.15) is 0 Å². The van der Waals surface area contributed by atoms with E-state index in [1.807, 2.05) is 36.5 Å². The number of carbonyl (C=O) groups is 3. The third kappa shape index (κ3) is 4.75. The second kappa shape index (κ2) is 9.02. The lowest BCUT2D eigenvalue weighted by molar-refractivity contribution is -0.154. The van der Waals surface area contributed by atoms with Gasteiger partial charge < -0.3 is 10.1 Å². The number of nitrogens with zero attached hydrogens (tertiary/aromatic N) is 2. The maximum absolute atomic E-state index is 12.6. The molecule has 0 aliphatic carbocycles. The number of hydrogen-bond acceptors (Lipinski definition) is 5. The lowest BCUT2D eigenvalue weighted by Crippen LogP contribution is -2.43. The van der Waals surface area contributed by atoms with E-state index in [0.717, 1.165) is 17.5 Å². The Hall–Kier alpha value is -3.10. The smallest absolute Gasteiger partial charge is 0.329 e. The van der Waals surface area contributed by atoms with Gasteiger partial charge in [0.1, 0.15) is 0 Å². The topological polar surface area (TPSA) is 111 Å². The van der Waals surface area contributed by atoms with Crippen LogP contribution in [0.5, 0.6) is 0 Å². The zero-order valence-electron chi connectivity index (χ0n) is 15.7. The molecule has 2 N–H and O–H groups in total. The molecule has 2 rings (SSSR count). The van der Waals surface area contributed by atoms with Gasteiger partial charge in [-0.15, -0.1) is 0 Å². The minimum absolute atomic E-state index is 0.0718. The van der Waals surface area contributed by atoms with E-state index in [9.17, 15) is 19.2 Å². The van der Waals surface area contributed by atoms with Crippen molar-refractivity contribution >= 4 is 28.9 Å². The summed E-state index contributed by atoms with van der Waals surface area (Å²) in [5.74, 6) is -1.35. The van der Waals surface area contributed by atoms with Gasteiger partial charge in [-0.25, -0.2) is 9.59 Å². The molecule has 0 unspecified atom stereocenters. The fourth-order valence-electron chi connectivity index (χ4n) is 2.72. The Labute approximate surface area is 156 Å². The molecule has 0 spiro atoms. The minimum atomic E-state index is -1.12. The molecule has 1 aromatic heterocycles. The van der Waals surface area contributed by atoms with Crippen molar-refractivity contribution in [1.82, 2.24) is 19.8 Å². The SMILES string of the molecule is CCCn1c(=O)n(CCC(=O)O[C@H](C)C(=O)NC(=O)NC)c2ccccc21. The molecule has 0 radical (unpaired) electrons. The second-order valence-electron chi connectivity index (χ2n) is 6.03. The molecule has 146 valence electrons. The summed E-state index contributed by atoms with van der Waals surface area (Å²) in [6, 6.07) is 6.70. The van der Waals surface area contributed by atoms with Crippen LogP contribution in [0.1, 0.15) is 26.7 Å². The van der Waals surface area contributed by atoms with E-state index in [0.29, 0.717) is 6.54 Å². The highest BCUT2D eigenvalue weighted by Crippen LogP contribution is 2.13. The maximum Gasteiger partial charge on any atom is 0.329 e. The van der Waals surface area contributed by atoms with Crippen LogP contribution in [0.4, 0.5) is 4.79 Å². The number of para-hydroxylation sites is 2. The van der Waals surface area contributed by atoms with E-state index < -0.39 is 24.0 Å². The first-order valence-electron chi connectivity index (χ1n) is 8.79.